The number of nitrogens with one attached hydrogen (secondary N) is 1. The number of ether oxygens (including phenoxy) is 2. The number of esters is 1. The standard InChI is InChI=1S/C20H22ClNO4/c1-13(15-7-5-4-6-8-15)11-19(23)26-14(2)20(24)22-16-9-10-18(25-3)17(21)12-16/h4-10,12-14H,11H2,1-3H3,(H,22,24)/t13-,14-/m0/s1. The minimum absolute atomic E-state index is 0.0133. The summed E-state index contributed by atoms with van der Waals surface area (Å²) in [7, 11) is 1.51. The summed E-state index contributed by atoms with van der Waals surface area (Å²) < 4.78 is 10.3. The second-order valence-electron chi connectivity index (χ2n) is 5.99. The molecule has 2 rings (SSSR count). The van der Waals surface area contributed by atoms with Crippen molar-refractivity contribution in [2.75, 3.05) is 12.4 Å². The van der Waals surface area contributed by atoms with Gasteiger partial charge in [0.05, 0.1) is 18.6 Å². The van der Waals surface area contributed by atoms with E-state index >= 15 is 0 Å². The van der Waals surface area contributed by atoms with Crippen molar-refractivity contribution in [3.8, 4) is 5.75 Å². The van der Waals surface area contributed by atoms with Crippen LogP contribution < -0.4 is 10.1 Å². The highest BCUT2D eigenvalue weighted by Crippen LogP contribution is 2.27. The number of halogens is 1. The van der Waals surface area contributed by atoms with Crippen molar-refractivity contribution in [2.24, 2.45) is 0 Å². The predicted molar refractivity (Wildman–Crippen MR) is 102 cm³/mol. The van der Waals surface area contributed by atoms with E-state index in [0.717, 1.165) is 5.56 Å². The smallest absolute Gasteiger partial charge is 0.307 e. The molecule has 2 atom stereocenters. The Hall–Kier alpha value is -2.53. The van der Waals surface area contributed by atoms with Crippen molar-refractivity contribution in [3.63, 3.8) is 0 Å². The molecule has 5 nitrogen and oxygen atoms in total. The molecule has 0 radical (unpaired) electrons. The lowest BCUT2D eigenvalue weighted by Crippen LogP contribution is -2.30. The molecule has 1 amide bonds. The normalized spacial score (nSPS) is 12.8. The van der Waals surface area contributed by atoms with Crippen LogP contribution in [-0.2, 0) is 14.3 Å². The van der Waals surface area contributed by atoms with Gasteiger partial charge in [0.1, 0.15) is 5.75 Å². The number of carbonyl (C=O) groups is 2. The summed E-state index contributed by atoms with van der Waals surface area (Å²) >= 11 is 6.03. The molecule has 0 bridgehead atoms. The molecule has 2 aromatic carbocycles. The molecule has 0 unspecified atom stereocenters. The van der Waals surface area contributed by atoms with Crippen LogP contribution in [0.25, 0.3) is 0 Å². The van der Waals surface area contributed by atoms with E-state index in [2.05, 4.69) is 5.32 Å². The molecule has 138 valence electrons. The molecular formula is C20H22ClNO4. The molecule has 0 saturated heterocycles. The van der Waals surface area contributed by atoms with Crippen molar-refractivity contribution in [3.05, 3.63) is 59.1 Å². The largest absolute Gasteiger partial charge is 0.495 e. The van der Waals surface area contributed by atoms with E-state index in [1.807, 2.05) is 37.3 Å². The average Bonchev–Trinajstić information content (AvgIpc) is 2.62. The van der Waals surface area contributed by atoms with Crippen molar-refractivity contribution >= 4 is 29.2 Å². The molecular weight excluding hydrogens is 354 g/mol. The highest BCUT2D eigenvalue weighted by molar-refractivity contribution is 6.32. The first-order valence-corrected chi connectivity index (χ1v) is 8.67. The molecule has 0 heterocycles. The first-order valence-electron chi connectivity index (χ1n) is 8.29. The van der Waals surface area contributed by atoms with Crippen LogP contribution in [-0.4, -0.2) is 25.1 Å². The first kappa shape index (κ1) is 19.8. The van der Waals surface area contributed by atoms with E-state index < -0.39 is 18.0 Å². The highest BCUT2D eigenvalue weighted by Gasteiger charge is 2.20. The van der Waals surface area contributed by atoms with E-state index in [1.165, 1.54) is 14.0 Å². The second kappa shape index (κ2) is 9.25. The lowest BCUT2D eigenvalue weighted by Gasteiger charge is -2.16. The van der Waals surface area contributed by atoms with Gasteiger partial charge in [0.15, 0.2) is 6.10 Å². The Morgan fingerprint density at radius 3 is 2.42 bits per heavy atom. The van der Waals surface area contributed by atoms with Gasteiger partial charge in [-0.3, -0.25) is 9.59 Å². The summed E-state index contributed by atoms with van der Waals surface area (Å²) in [5.74, 6) is -0.317. The maximum atomic E-state index is 12.2. The van der Waals surface area contributed by atoms with Crippen LogP contribution in [0.4, 0.5) is 5.69 Å². The van der Waals surface area contributed by atoms with Gasteiger partial charge in [-0.05, 0) is 36.6 Å². The first-order chi connectivity index (χ1) is 12.4. The van der Waals surface area contributed by atoms with Gasteiger partial charge >= 0.3 is 5.97 Å². The Bertz CT molecular complexity index is 764. The molecule has 2 aromatic rings. The van der Waals surface area contributed by atoms with Crippen LogP contribution in [0.2, 0.25) is 5.02 Å². The fourth-order valence-electron chi connectivity index (χ4n) is 2.44. The van der Waals surface area contributed by atoms with Crippen LogP contribution >= 0.6 is 11.6 Å². The van der Waals surface area contributed by atoms with E-state index in [4.69, 9.17) is 21.1 Å². The van der Waals surface area contributed by atoms with Gasteiger partial charge in [-0.15, -0.1) is 0 Å². The molecule has 1 N–H and O–H groups in total. The predicted octanol–water partition coefficient (Wildman–Crippen LogP) is 4.41. The van der Waals surface area contributed by atoms with E-state index in [9.17, 15) is 9.59 Å². The minimum atomic E-state index is -0.911. The third kappa shape index (κ3) is 5.49. The van der Waals surface area contributed by atoms with Crippen molar-refractivity contribution in [1.82, 2.24) is 0 Å². The maximum absolute atomic E-state index is 12.2. The van der Waals surface area contributed by atoms with Gasteiger partial charge in [-0.1, -0.05) is 48.9 Å². The summed E-state index contributed by atoms with van der Waals surface area (Å²) in [5, 5.41) is 3.05. The summed E-state index contributed by atoms with van der Waals surface area (Å²) in [6.45, 7) is 3.48. The topological polar surface area (TPSA) is 64.6 Å². The lowest BCUT2D eigenvalue weighted by molar-refractivity contribution is -0.153. The number of anilines is 1. The number of benzene rings is 2. The van der Waals surface area contributed by atoms with Crippen LogP contribution in [0.1, 0.15) is 31.7 Å². The minimum Gasteiger partial charge on any atom is -0.495 e. The Balaban J connectivity index is 1.88. The Kier molecular flexibility index (Phi) is 7.04. The molecule has 0 aliphatic heterocycles. The van der Waals surface area contributed by atoms with Gasteiger partial charge in [0.25, 0.3) is 5.91 Å². The number of rotatable bonds is 7. The van der Waals surface area contributed by atoms with Crippen molar-refractivity contribution in [1.29, 1.82) is 0 Å². The molecule has 6 heteroatoms. The highest BCUT2D eigenvalue weighted by atomic mass is 35.5. The quantitative estimate of drug-likeness (QED) is 0.728. The van der Waals surface area contributed by atoms with Crippen LogP contribution in [0.3, 0.4) is 0 Å². The Morgan fingerprint density at radius 1 is 1.12 bits per heavy atom. The number of amides is 1. The van der Waals surface area contributed by atoms with Gasteiger partial charge in [0.2, 0.25) is 0 Å². The Morgan fingerprint density at radius 2 is 1.81 bits per heavy atom. The van der Waals surface area contributed by atoms with Crippen molar-refractivity contribution in [2.45, 2.75) is 32.3 Å². The SMILES string of the molecule is COc1ccc(NC(=O)[C@H](C)OC(=O)C[C@H](C)c2ccccc2)cc1Cl. The van der Waals surface area contributed by atoms with Crippen LogP contribution in [0.5, 0.6) is 5.75 Å². The molecule has 0 aliphatic carbocycles. The molecule has 0 fully saturated rings. The zero-order valence-electron chi connectivity index (χ0n) is 15.0. The van der Waals surface area contributed by atoms with Gasteiger partial charge in [-0.2, -0.15) is 0 Å². The van der Waals surface area contributed by atoms with Gasteiger partial charge < -0.3 is 14.8 Å². The third-order valence-electron chi connectivity index (χ3n) is 3.94. The number of hydrogen-bond acceptors (Lipinski definition) is 4. The van der Waals surface area contributed by atoms with Gasteiger partial charge in [0, 0.05) is 5.69 Å². The molecule has 0 aliphatic rings. The Labute approximate surface area is 158 Å². The fourth-order valence-corrected chi connectivity index (χ4v) is 2.69. The van der Waals surface area contributed by atoms with E-state index in [1.54, 1.807) is 18.2 Å². The number of carbonyl (C=O) groups excluding carboxylic acids is 2. The molecule has 26 heavy (non-hydrogen) atoms. The lowest BCUT2D eigenvalue weighted by atomic mass is 9.98. The summed E-state index contributed by atoms with van der Waals surface area (Å²) in [6, 6.07) is 14.6. The van der Waals surface area contributed by atoms with Crippen LogP contribution in [0.15, 0.2) is 48.5 Å². The number of hydrogen-bond donors (Lipinski definition) is 1. The second-order valence-corrected chi connectivity index (χ2v) is 6.39. The molecule has 0 spiro atoms. The third-order valence-corrected chi connectivity index (χ3v) is 4.23. The van der Waals surface area contributed by atoms with Gasteiger partial charge in [-0.25, -0.2) is 0 Å². The molecule has 0 saturated carbocycles. The van der Waals surface area contributed by atoms with E-state index in [0.29, 0.717) is 16.5 Å². The van der Waals surface area contributed by atoms with E-state index in [-0.39, 0.29) is 12.3 Å². The average molecular weight is 376 g/mol. The zero-order chi connectivity index (χ0) is 19.1. The maximum Gasteiger partial charge on any atom is 0.307 e. The monoisotopic (exact) mass is 375 g/mol. The number of methoxy groups -OCH3 is 1. The summed E-state index contributed by atoms with van der Waals surface area (Å²) in [4.78, 5) is 24.3. The van der Waals surface area contributed by atoms with Crippen molar-refractivity contribution < 1.29 is 19.1 Å². The molecule has 0 aromatic heterocycles. The fraction of sp³-hybridized carbons (Fsp3) is 0.300. The van der Waals surface area contributed by atoms with Crippen LogP contribution in [0, 0.1) is 0 Å². The zero-order valence-corrected chi connectivity index (χ0v) is 15.7. The summed E-state index contributed by atoms with van der Waals surface area (Å²) in [5.41, 5.74) is 1.55. The summed E-state index contributed by atoms with van der Waals surface area (Å²) in [6.07, 6.45) is -0.706.